The van der Waals surface area contributed by atoms with E-state index >= 15 is 0 Å². The van der Waals surface area contributed by atoms with Crippen molar-refractivity contribution in [2.24, 2.45) is 0 Å². The Morgan fingerprint density at radius 2 is 1.83 bits per heavy atom. The van der Waals surface area contributed by atoms with Gasteiger partial charge in [0.25, 0.3) is 0 Å². The molecule has 29 heavy (non-hydrogen) atoms. The lowest BCUT2D eigenvalue weighted by Gasteiger charge is -2.08. The molecule has 2 aromatic heterocycles. The maximum Gasteiger partial charge on any atom is 0.231 e. The first-order valence-corrected chi connectivity index (χ1v) is 10.3. The zero-order chi connectivity index (χ0) is 20.2. The highest BCUT2D eigenvalue weighted by molar-refractivity contribution is 7.13. The van der Waals surface area contributed by atoms with Crippen molar-refractivity contribution in [3.05, 3.63) is 88.6 Å². The molecular weight excluding hydrogens is 380 g/mol. The largest absolute Gasteiger partial charge is 0.311 e. The van der Waals surface area contributed by atoms with Gasteiger partial charge in [-0.05, 0) is 19.4 Å². The Morgan fingerprint density at radius 3 is 2.59 bits per heavy atom. The van der Waals surface area contributed by atoms with Crippen molar-refractivity contribution < 1.29 is 4.79 Å². The van der Waals surface area contributed by atoms with E-state index in [-0.39, 0.29) is 12.3 Å². The standard InChI is InChI=1S/C23H22N4OS/c1-16-8-10-19(11-9-16)23-24-20(15-29-23)13-22(28)25-21-12-17(2)26-27(21)14-18-6-4-3-5-7-18/h3-12,15H,13-14H2,1-2H3,(H,25,28). The van der Waals surface area contributed by atoms with Crippen LogP contribution in [0.5, 0.6) is 0 Å². The minimum atomic E-state index is -0.0973. The third kappa shape index (κ3) is 4.78. The lowest BCUT2D eigenvalue weighted by molar-refractivity contribution is -0.115. The lowest BCUT2D eigenvalue weighted by atomic mass is 10.2. The summed E-state index contributed by atoms with van der Waals surface area (Å²) >= 11 is 1.56. The van der Waals surface area contributed by atoms with Gasteiger partial charge in [-0.25, -0.2) is 9.67 Å². The minimum absolute atomic E-state index is 0.0973. The van der Waals surface area contributed by atoms with Crippen molar-refractivity contribution >= 4 is 23.1 Å². The van der Waals surface area contributed by atoms with Crippen molar-refractivity contribution in [3.8, 4) is 10.6 Å². The summed E-state index contributed by atoms with van der Waals surface area (Å²) in [5.74, 6) is 0.602. The summed E-state index contributed by atoms with van der Waals surface area (Å²) in [6.45, 7) is 4.59. The molecule has 1 N–H and O–H groups in total. The molecule has 0 saturated carbocycles. The summed E-state index contributed by atoms with van der Waals surface area (Å²) in [7, 11) is 0. The second-order valence-electron chi connectivity index (χ2n) is 7.05. The normalized spacial score (nSPS) is 10.8. The van der Waals surface area contributed by atoms with E-state index in [0.717, 1.165) is 27.5 Å². The Bertz CT molecular complexity index is 1110. The van der Waals surface area contributed by atoms with Gasteiger partial charge in [0.2, 0.25) is 5.91 Å². The van der Waals surface area contributed by atoms with Gasteiger partial charge in [-0.1, -0.05) is 60.2 Å². The van der Waals surface area contributed by atoms with Crippen LogP contribution in [0.15, 0.2) is 66.0 Å². The van der Waals surface area contributed by atoms with Crippen LogP contribution < -0.4 is 5.32 Å². The molecule has 0 radical (unpaired) electrons. The molecule has 2 heterocycles. The van der Waals surface area contributed by atoms with E-state index in [0.29, 0.717) is 12.4 Å². The second kappa shape index (κ2) is 8.41. The highest BCUT2D eigenvalue weighted by atomic mass is 32.1. The summed E-state index contributed by atoms with van der Waals surface area (Å²) in [4.78, 5) is 17.2. The second-order valence-corrected chi connectivity index (χ2v) is 7.91. The molecule has 0 aliphatic carbocycles. The van der Waals surface area contributed by atoms with Crippen LogP contribution in [0.1, 0.15) is 22.5 Å². The molecule has 5 nitrogen and oxygen atoms in total. The first-order valence-electron chi connectivity index (χ1n) is 9.46. The van der Waals surface area contributed by atoms with Crippen molar-refractivity contribution in [1.82, 2.24) is 14.8 Å². The third-order valence-corrected chi connectivity index (χ3v) is 5.48. The number of nitrogens with one attached hydrogen (secondary N) is 1. The predicted molar refractivity (Wildman–Crippen MR) is 117 cm³/mol. The molecule has 0 fully saturated rings. The number of hydrogen-bond donors (Lipinski definition) is 1. The summed E-state index contributed by atoms with van der Waals surface area (Å²) in [6.07, 6.45) is 0.234. The number of thiazole rings is 1. The van der Waals surface area contributed by atoms with Gasteiger partial charge < -0.3 is 5.32 Å². The zero-order valence-corrected chi connectivity index (χ0v) is 17.2. The van der Waals surface area contributed by atoms with Gasteiger partial charge in [-0.3, -0.25) is 4.79 Å². The zero-order valence-electron chi connectivity index (χ0n) is 16.4. The molecule has 4 aromatic rings. The van der Waals surface area contributed by atoms with Crippen molar-refractivity contribution in [1.29, 1.82) is 0 Å². The van der Waals surface area contributed by atoms with Gasteiger partial charge in [-0.15, -0.1) is 11.3 Å². The fourth-order valence-electron chi connectivity index (χ4n) is 3.09. The fourth-order valence-corrected chi connectivity index (χ4v) is 3.92. The number of rotatable bonds is 6. The van der Waals surface area contributed by atoms with Crippen LogP contribution in [0.3, 0.4) is 0 Å². The molecule has 0 unspecified atom stereocenters. The van der Waals surface area contributed by atoms with E-state index in [1.54, 1.807) is 11.3 Å². The van der Waals surface area contributed by atoms with E-state index in [2.05, 4.69) is 46.6 Å². The smallest absolute Gasteiger partial charge is 0.231 e. The minimum Gasteiger partial charge on any atom is -0.311 e. The average Bonchev–Trinajstić information content (AvgIpc) is 3.30. The quantitative estimate of drug-likeness (QED) is 0.501. The molecule has 1 amide bonds. The molecule has 0 saturated heterocycles. The van der Waals surface area contributed by atoms with E-state index < -0.39 is 0 Å². The summed E-state index contributed by atoms with van der Waals surface area (Å²) in [5, 5.41) is 10.4. The molecule has 0 atom stereocenters. The van der Waals surface area contributed by atoms with Crippen LogP contribution in [0.2, 0.25) is 0 Å². The van der Waals surface area contributed by atoms with Crippen LogP contribution in [0.4, 0.5) is 5.82 Å². The predicted octanol–water partition coefficient (Wildman–Crippen LogP) is 4.85. The molecule has 0 bridgehead atoms. The number of hydrogen-bond acceptors (Lipinski definition) is 4. The number of benzene rings is 2. The lowest BCUT2D eigenvalue weighted by Crippen LogP contribution is -2.18. The monoisotopic (exact) mass is 402 g/mol. The third-order valence-electron chi connectivity index (χ3n) is 4.54. The molecule has 2 aromatic carbocycles. The SMILES string of the molecule is Cc1ccc(-c2nc(CC(=O)Nc3cc(C)nn3Cc3ccccc3)cs2)cc1. The number of amides is 1. The summed E-state index contributed by atoms with van der Waals surface area (Å²) < 4.78 is 1.82. The summed E-state index contributed by atoms with van der Waals surface area (Å²) in [6, 6.07) is 20.2. The average molecular weight is 403 g/mol. The Balaban J connectivity index is 1.43. The molecule has 0 spiro atoms. The number of nitrogens with zero attached hydrogens (tertiary/aromatic N) is 3. The van der Waals surface area contributed by atoms with Crippen LogP contribution in [0, 0.1) is 13.8 Å². The molecule has 146 valence electrons. The van der Waals surface area contributed by atoms with Crippen LogP contribution in [-0.2, 0) is 17.8 Å². The van der Waals surface area contributed by atoms with Gasteiger partial charge in [0.15, 0.2) is 0 Å². The Morgan fingerprint density at radius 1 is 1.07 bits per heavy atom. The van der Waals surface area contributed by atoms with Crippen molar-refractivity contribution in [3.63, 3.8) is 0 Å². The number of anilines is 1. The van der Waals surface area contributed by atoms with E-state index in [1.165, 1.54) is 5.56 Å². The Labute approximate surface area is 174 Å². The Kier molecular flexibility index (Phi) is 5.53. The number of carbonyl (C=O) groups is 1. The van der Waals surface area contributed by atoms with Gasteiger partial charge in [0, 0.05) is 17.0 Å². The maximum atomic E-state index is 12.6. The number of aromatic nitrogens is 3. The van der Waals surface area contributed by atoms with Crippen LogP contribution in [0.25, 0.3) is 10.6 Å². The van der Waals surface area contributed by atoms with Crippen LogP contribution in [-0.4, -0.2) is 20.7 Å². The number of aryl methyl sites for hydroxylation is 2. The molecule has 0 aliphatic heterocycles. The number of carbonyl (C=O) groups excluding carboxylic acids is 1. The van der Waals surface area contributed by atoms with Gasteiger partial charge in [0.1, 0.15) is 10.8 Å². The van der Waals surface area contributed by atoms with Gasteiger partial charge >= 0.3 is 0 Å². The molecule has 6 heteroatoms. The van der Waals surface area contributed by atoms with Crippen molar-refractivity contribution in [2.75, 3.05) is 5.32 Å². The maximum absolute atomic E-state index is 12.6. The summed E-state index contributed by atoms with van der Waals surface area (Å²) in [5.41, 5.74) is 5.06. The fraction of sp³-hybridized carbons (Fsp3) is 0.174. The topological polar surface area (TPSA) is 59.8 Å². The Hall–Kier alpha value is -3.25. The van der Waals surface area contributed by atoms with E-state index in [9.17, 15) is 4.79 Å². The van der Waals surface area contributed by atoms with E-state index in [4.69, 9.17) is 0 Å². The first-order chi connectivity index (χ1) is 14.1. The highest BCUT2D eigenvalue weighted by Gasteiger charge is 2.13. The molecule has 0 aliphatic rings. The van der Waals surface area contributed by atoms with Gasteiger partial charge in [0.05, 0.1) is 24.4 Å². The van der Waals surface area contributed by atoms with Crippen molar-refractivity contribution in [2.45, 2.75) is 26.8 Å². The highest BCUT2D eigenvalue weighted by Crippen LogP contribution is 2.24. The van der Waals surface area contributed by atoms with E-state index in [1.807, 2.05) is 53.4 Å². The molecule has 4 rings (SSSR count). The van der Waals surface area contributed by atoms with Crippen LogP contribution >= 0.6 is 11.3 Å². The first kappa shape index (κ1) is 19.1. The molecular formula is C23H22N4OS. The van der Waals surface area contributed by atoms with Gasteiger partial charge in [-0.2, -0.15) is 5.10 Å².